The first-order chi connectivity index (χ1) is 27.7. The van der Waals surface area contributed by atoms with Gasteiger partial charge in [0.2, 0.25) is 5.91 Å². The SMILES string of the molecule is CC/C=C\C/C=C\C/C=C\C/C=C\C/C=C\CCCCCCCC(=O)NC(CO)C(O)/C=C/CC/C=C/CCCCCCCCCCCCCCCCCCC. The molecule has 0 aliphatic rings. The number of aliphatic hydroxyl groups is 2. The Balaban J connectivity index is 3.66. The molecule has 2 unspecified atom stereocenters. The van der Waals surface area contributed by atoms with Crippen molar-refractivity contribution in [1.82, 2.24) is 5.32 Å². The molecule has 0 aromatic rings. The summed E-state index contributed by atoms with van der Waals surface area (Å²) in [5.41, 5.74) is 0. The monoisotopic (exact) mass is 778 g/mol. The van der Waals surface area contributed by atoms with Crippen molar-refractivity contribution in [3.8, 4) is 0 Å². The van der Waals surface area contributed by atoms with Gasteiger partial charge in [-0.3, -0.25) is 4.79 Å². The van der Waals surface area contributed by atoms with E-state index in [1.165, 1.54) is 122 Å². The van der Waals surface area contributed by atoms with Gasteiger partial charge >= 0.3 is 0 Å². The zero-order chi connectivity index (χ0) is 40.7. The highest BCUT2D eigenvalue weighted by Gasteiger charge is 2.17. The summed E-state index contributed by atoms with van der Waals surface area (Å²) in [5, 5.41) is 23.0. The number of hydrogen-bond donors (Lipinski definition) is 3. The van der Waals surface area contributed by atoms with Crippen LogP contribution in [0.1, 0.15) is 219 Å². The minimum Gasteiger partial charge on any atom is -0.394 e. The Morgan fingerprint density at radius 1 is 0.446 bits per heavy atom. The van der Waals surface area contributed by atoms with Gasteiger partial charge in [0.25, 0.3) is 0 Å². The summed E-state index contributed by atoms with van der Waals surface area (Å²) >= 11 is 0. The van der Waals surface area contributed by atoms with Gasteiger partial charge in [0.1, 0.15) is 0 Å². The maximum absolute atomic E-state index is 12.4. The summed E-state index contributed by atoms with van der Waals surface area (Å²) in [6.45, 7) is 4.18. The van der Waals surface area contributed by atoms with E-state index in [0.717, 1.165) is 77.0 Å². The van der Waals surface area contributed by atoms with Crippen LogP contribution in [0.5, 0.6) is 0 Å². The van der Waals surface area contributed by atoms with Crippen LogP contribution in [0.3, 0.4) is 0 Å². The van der Waals surface area contributed by atoms with Crippen LogP contribution in [0, 0.1) is 0 Å². The summed E-state index contributed by atoms with van der Waals surface area (Å²) in [6.07, 6.45) is 68.5. The van der Waals surface area contributed by atoms with E-state index in [4.69, 9.17) is 0 Å². The smallest absolute Gasteiger partial charge is 0.220 e. The first-order valence-corrected chi connectivity index (χ1v) is 23.8. The Kier molecular flexibility index (Phi) is 44.9. The molecule has 0 fully saturated rings. The maximum atomic E-state index is 12.4. The second-order valence-corrected chi connectivity index (χ2v) is 15.8. The van der Waals surface area contributed by atoms with Crippen molar-refractivity contribution in [2.45, 2.75) is 231 Å². The molecular formula is C52H91NO3. The van der Waals surface area contributed by atoms with E-state index in [-0.39, 0.29) is 12.5 Å². The molecule has 0 saturated carbocycles. The first-order valence-electron chi connectivity index (χ1n) is 23.8. The Labute approximate surface area is 348 Å². The van der Waals surface area contributed by atoms with Gasteiger partial charge in [0, 0.05) is 6.42 Å². The third-order valence-corrected chi connectivity index (χ3v) is 10.4. The Morgan fingerprint density at radius 2 is 0.804 bits per heavy atom. The van der Waals surface area contributed by atoms with Gasteiger partial charge in [0.15, 0.2) is 0 Å². The molecule has 0 aromatic heterocycles. The average Bonchev–Trinajstić information content (AvgIpc) is 3.20. The van der Waals surface area contributed by atoms with Crippen LogP contribution < -0.4 is 5.32 Å². The van der Waals surface area contributed by atoms with Crippen LogP contribution >= 0.6 is 0 Å². The van der Waals surface area contributed by atoms with Crippen LogP contribution in [-0.2, 0) is 4.79 Å². The Morgan fingerprint density at radius 3 is 1.25 bits per heavy atom. The number of allylic oxidation sites excluding steroid dienone is 13. The van der Waals surface area contributed by atoms with E-state index in [2.05, 4.69) is 92.1 Å². The number of rotatable bonds is 42. The fourth-order valence-electron chi connectivity index (χ4n) is 6.75. The predicted octanol–water partition coefficient (Wildman–Crippen LogP) is 15.2. The van der Waals surface area contributed by atoms with E-state index >= 15 is 0 Å². The molecule has 2 atom stereocenters. The molecule has 1 amide bonds. The van der Waals surface area contributed by atoms with E-state index in [1.54, 1.807) is 6.08 Å². The summed E-state index contributed by atoms with van der Waals surface area (Å²) in [5.74, 6) is -0.0949. The quantitative estimate of drug-likeness (QED) is 0.0427. The lowest BCUT2D eigenvalue weighted by molar-refractivity contribution is -0.123. The number of nitrogens with one attached hydrogen (secondary N) is 1. The van der Waals surface area contributed by atoms with Gasteiger partial charge in [-0.25, -0.2) is 0 Å². The minimum atomic E-state index is -0.876. The lowest BCUT2D eigenvalue weighted by Gasteiger charge is -2.19. The fraction of sp³-hybridized carbons (Fsp3) is 0.712. The molecule has 0 saturated heterocycles. The average molecular weight is 778 g/mol. The third kappa shape index (κ3) is 42.7. The standard InChI is InChI=1S/C52H91NO3/c1-3-5-7-9-11-13-15-17-19-21-23-25-26-28-29-31-33-35-37-39-41-43-45-47-51(55)50(49-54)53-52(56)48-46-44-42-40-38-36-34-32-30-27-24-22-20-18-16-14-12-10-8-6-4-2/h6,8,12,14,18,20,24,27,32,34,37,39,45,47,50-51,54-55H,3-5,7,9-11,13,15-17,19,21-23,25-26,28-31,33,35-36,38,40-44,46,48-49H2,1-2H3,(H,53,56)/b8-6-,14-12-,20-18-,27-24-,34-32-,39-37+,47-45+. The fourth-order valence-corrected chi connectivity index (χ4v) is 6.75. The zero-order valence-electron chi connectivity index (χ0n) is 36.9. The number of amides is 1. The Hall–Kier alpha value is -2.43. The number of unbranched alkanes of at least 4 members (excludes halogenated alkanes) is 23. The predicted molar refractivity (Wildman–Crippen MR) is 248 cm³/mol. The Bertz CT molecular complexity index is 1020. The van der Waals surface area contributed by atoms with E-state index < -0.39 is 12.1 Å². The van der Waals surface area contributed by atoms with Gasteiger partial charge in [-0.2, -0.15) is 0 Å². The van der Waals surface area contributed by atoms with Gasteiger partial charge < -0.3 is 15.5 Å². The molecule has 322 valence electrons. The maximum Gasteiger partial charge on any atom is 0.220 e. The van der Waals surface area contributed by atoms with Gasteiger partial charge in [-0.05, 0) is 77.0 Å². The van der Waals surface area contributed by atoms with Crippen LogP contribution in [0.4, 0.5) is 0 Å². The topological polar surface area (TPSA) is 69.6 Å². The van der Waals surface area contributed by atoms with Crippen molar-refractivity contribution in [3.05, 3.63) is 85.1 Å². The zero-order valence-corrected chi connectivity index (χ0v) is 36.9. The molecule has 0 heterocycles. The minimum absolute atomic E-state index is 0.0949. The first kappa shape index (κ1) is 53.6. The highest BCUT2D eigenvalue weighted by Crippen LogP contribution is 2.15. The van der Waals surface area contributed by atoms with Crippen molar-refractivity contribution in [2.75, 3.05) is 6.61 Å². The molecule has 56 heavy (non-hydrogen) atoms. The summed E-state index contributed by atoms with van der Waals surface area (Å²) in [6, 6.07) is -0.655. The highest BCUT2D eigenvalue weighted by molar-refractivity contribution is 5.76. The molecule has 0 spiro atoms. The van der Waals surface area contributed by atoms with Crippen molar-refractivity contribution >= 4 is 5.91 Å². The third-order valence-electron chi connectivity index (χ3n) is 10.4. The van der Waals surface area contributed by atoms with Crippen molar-refractivity contribution in [2.24, 2.45) is 0 Å². The largest absolute Gasteiger partial charge is 0.394 e. The summed E-state index contributed by atoms with van der Waals surface area (Å²) in [7, 11) is 0. The van der Waals surface area contributed by atoms with Crippen molar-refractivity contribution < 1.29 is 15.0 Å². The van der Waals surface area contributed by atoms with Crippen LogP contribution in [0.25, 0.3) is 0 Å². The molecule has 0 aliphatic heterocycles. The van der Waals surface area contributed by atoms with Crippen molar-refractivity contribution in [1.29, 1.82) is 0 Å². The van der Waals surface area contributed by atoms with Crippen LogP contribution in [-0.4, -0.2) is 34.9 Å². The molecule has 0 bridgehead atoms. The van der Waals surface area contributed by atoms with Gasteiger partial charge in [-0.15, -0.1) is 0 Å². The molecule has 4 nitrogen and oxygen atoms in total. The number of carbonyl (C=O) groups excluding carboxylic acids is 1. The molecule has 0 rings (SSSR count). The highest BCUT2D eigenvalue weighted by atomic mass is 16.3. The van der Waals surface area contributed by atoms with Crippen LogP contribution in [0.2, 0.25) is 0 Å². The lowest BCUT2D eigenvalue weighted by Crippen LogP contribution is -2.45. The molecular weight excluding hydrogens is 687 g/mol. The number of aliphatic hydroxyl groups excluding tert-OH is 2. The molecule has 0 radical (unpaired) electrons. The molecule has 0 aliphatic carbocycles. The molecule has 4 heteroatoms. The normalized spacial score (nSPS) is 13.7. The second kappa shape index (κ2) is 46.9. The van der Waals surface area contributed by atoms with E-state index in [9.17, 15) is 15.0 Å². The summed E-state index contributed by atoms with van der Waals surface area (Å²) < 4.78 is 0. The van der Waals surface area contributed by atoms with E-state index in [0.29, 0.717) is 6.42 Å². The van der Waals surface area contributed by atoms with Crippen LogP contribution in [0.15, 0.2) is 85.1 Å². The summed E-state index contributed by atoms with van der Waals surface area (Å²) in [4.78, 5) is 12.4. The van der Waals surface area contributed by atoms with Gasteiger partial charge in [-0.1, -0.05) is 221 Å². The number of hydrogen-bond acceptors (Lipinski definition) is 3. The van der Waals surface area contributed by atoms with Crippen molar-refractivity contribution in [3.63, 3.8) is 0 Å². The van der Waals surface area contributed by atoms with E-state index in [1.807, 2.05) is 6.08 Å². The number of carbonyl (C=O) groups is 1. The van der Waals surface area contributed by atoms with Gasteiger partial charge in [0.05, 0.1) is 18.8 Å². The second-order valence-electron chi connectivity index (χ2n) is 15.8. The lowest BCUT2D eigenvalue weighted by atomic mass is 10.0. The molecule has 0 aromatic carbocycles. The molecule has 3 N–H and O–H groups in total.